The Labute approximate surface area is 92.6 Å². The Morgan fingerprint density at radius 1 is 1.50 bits per heavy atom. The van der Waals surface area contributed by atoms with E-state index in [-0.39, 0.29) is 11.3 Å². The zero-order valence-electron chi connectivity index (χ0n) is 9.02. The minimum atomic E-state index is -1.10. The summed E-state index contributed by atoms with van der Waals surface area (Å²) in [4.78, 5) is 21.2. The van der Waals surface area contributed by atoms with Crippen LogP contribution >= 0.6 is 0 Å². The van der Waals surface area contributed by atoms with Crippen LogP contribution < -0.4 is 9.47 Å². The first kappa shape index (κ1) is 12.0. The summed E-state index contributed by atoms with van der Waals surface area (Å²) in [6, 6.07) is 3.24. The van der Waals surface area contributed by atoms with Crippen LogP contribution in [0.25, 0.3) is 0 Å². The Morgan fingerprint density at radius 3 is 2.69 bits per heavy atom. The summed E-state index contributed by atoms with van der Waals surface area (Å²) in [6.07, 6.45) is 0.586. The second kappa shape index (κ2) is 5.16. The van der Waals surface area contributed by atoms with Crippen molar-refractivity contribution in [1.29, 1.82) is 0 Å². The molecule has 0 radical (unpaired) electrons. The molecule has 0 aliphatic rings. The molecule has 1 rings (SSSR count). The maximum atomic E-state index is 10.9. The molecular weight excluding hydrogens is 212 g/mol. The molecule has 16 heavy (non-hydrogen) atoms. The minimum Gasteiger partial charge on any atom is -0.496 e. The molecule has 0 aromatic heterocycles. The Kier molecular flexibility index (Phi) is 3.88. The molecule has 0 saturated carbocycles. The molecule has 1 N–H and O–H groups in total. The van der Waals surface area contributed by atoms with E-state index in [1.165, 1.54) is 7.11 Å². The largest absolute Gasteiger partial charge is 0.496 e. The van der Waals surface area contributed by atoms with Gasteiger partial charge in [0.2, 0.25) is 0 Å². The number of carboxylic acid groups (broad SMARTS) is 1. The van der Waals surface area contributed by atoms with E-state index in [1.807, 2.05) is 0 Å². The van der Waals surface area contributed by atoms with E-state index >= 15 is 0 Å². The highest BCUT2D eigenvalue weighted by Crippen LogP contribution is 2.30. The number of ether oxygens (including phenoxy) is 2. The van der Waals surface area contributed by atoms with Crippen LogP contribution in [0.2, 0.25) is 0 Å². The van der Waals surface area contributed by atoms with Gasteiger partial charge < -0.3 is 14.6 Å². The number of rotatable bonds is 5. The van der Waals surface area contributed by atoms with Crippen LogP contribution in [0.5, 0.6) is 11.5 Å². The van der Waals surface area contributed by atoms with Crippen LogP contribution in [0.4, 0.5) is 0 Å². The fraction of sp³-hybridized carbons (Fsp3) is 0.273. The van der Waals surface area contributed by atoms with E-state index in [1.54, 1.807) is 19.1 Å². The molecule has 0 atom stereocenters. The molecule has 5 heteroatoms. The molecule has 0 bridgehead atoms. The molecule has 0 unspecified atom stereocenters. The lowest BCUT2D eigenvalue weighted by molar-refractivity contribution is -0.139. The van der Waals surface area contributed by atoms with Gasteiger partial charge >= 0.3 is 5.97 Å². The maximum Gasteiger partial charge on any atom is 0.341 e. The van der Waals surface area contributed by atoms with Gasteiger partial charge in [-0.15, -0.1) is 0 Å². The van der Waals surface area contributed by atoms with E-state index in [0.717, 1.165) is 5.56 Å². The summed E-state index contributed by atoms with van der Waals surface area (Å²) in [5, 5.41) is 8.47. The van der Waals surface area contributed by atoms with E-state index in [2.05, 4.69) is 0 Å². The van der Waals surface area contributed by atoms with Crippen molar-refractivity contribution >= 4 is 12.3 Å². The fourth-order valence-corrected chi connectivity index (χ4v) is 1.34. The lowest BCUT2D eigenvalue weighted by Crippen LogP contribution is -2.11. The van der Waals surface area contributed by atoms with Gasteiger partial charge in [0.25, 0.3) is 0 Å². The highest BCUT2D eigenvalue weighted by Gasteiger charge is 2.13. The molecule has 0 aliphatic heterocycles. The topological polar surface area (TPSA) is 72.8 Å². The molecule has 0 fully saturated rings. The van der Waals surface area contributed by atoms with Crippen molar-refractivity contribution in [2.75, 3.05) is 13.7 Å². The Balaban J connectivity index is 3.09. The zero-order valence-corrected chi connectivity index (χ0v) is 9.02. The van der Waals surface area contributed by atoms with Crippen LogP contribution in [-0.2, 0) is 4.79 Å². The summed E-state index contributed by atoms with van der Waals surface area (Å²) >= 11 is 0. The number of aliphatic carboxylic acids is 1. The summed E-state index contributed by atoms with van der Waals surface area (Å²) in [6.45, 7) is 1.29. The second-order valence-electron chi connectivity index (χ2n) is 3.13. The molecule has 0 aliphatic carbocycles. The summed E-state index contributed by atoms with van der Waals surface area (Å²) in [7, 11) is 1.44. The van der Waals surface area contributed by atoms with Crippen molar-refractivity contribution in [3.05, 3.63) is 23.3 Å². The average Bonchev–Trinajstić information content (AvgIpc) is 2.26. The standard InChI is InChI=1S/C11H12O5/c1-7-3-4-9(16-6-10(13)14)8(5-12)11(7)15-2/h3-5H,6H2,1-2H3,(H,13,14). The fourth-order valence-electron chi connectivity index (χ4n) is 1.34. The van der Waals surface area contributed by atoms with Crippen molar-refractivity contribution in [2.24, 2.45) is 0 Å². The number of hydrogen-bond donors (Lipinski definition) is 1. The number of methoxy groups -OCH3 is 1. The average molecular weight is 224 g/mol. The monoisotopic (exact) mass is 224 g/mol. The van der Waals surface area contributed by atoms with Gasteiger partial charge in [-0.2, -0.15) is 0 Å². The van der Waals surface area contributed by atoms with Gasteiger partial charge in [0.15, 0.2) is 12.9 Å². The number of hydrogen-bond acceptors (Lipinski definition) is 4. The predicted molar refractivity (Wildman–Crippen MR) is 56.2 cm³/mol. The van der Waals surface area contributed by atoms with Crippen LogP contribution in [0.3, 0.4) is 0 Å². The number of aldehydes is 1. The van der Waals surface area contributed by atoms with Crippen LogP contribution in [0, 0.1) is 6.92 Å². The molecule has 1 aromatic rings. The molecular formula is C11H12O5. The first-order valence-electron chi connectivity index (χ1n) is 4.57. The van der Waals surface area contributed by atoms with E-state index in [4.69, 9.17) is 14.6 Å². The van der Waals surface area contributed by atoms with Crippen molar-refractivity contribution in [2.45, 2.75) is 6.92 Å². The van der Waals surface area contributed by atoms with Crippen LogP contribution in [0.1, 0.15) is 15.9 Å². The quantitative estimate of drug-likeness (QED) is 0.762. The van der Waals surface area contributed by atoms with Crippen molar-refractivity contribution in [1.82, 2.24) is 0 Å². The lowest BCUT2D eigenvalue weighted by Gasteiger charge is -2.12. The van der Waals surface area contributed by atoms with E-state index in [0.29, 0.717) is 12.0 Å². The molecule has 0 spiro atoms. The van der Waals surface area contributed by atoms with Gasteiger partial charge in [-0.05, 0) is 18.6 Å². The zero-order chi connectivity index (χ0) is 12.1. The normalized spacial score (nSPS) is 9.62. The van der Waals surface area contributed by atoms with Crippen molar-refractivity contribution in [3.63, 3.8) is 0 Å². The molecule has 5 nitrogen and oxygen atoms in total. The lowest BCUT2D eigenvalue weighted by atomic mass is 10.1. The van der Waals surface area contributed by atoms with Crippen LogP contribution in [-0.4, -0.2) is 31.1 Å². The summed E-state index contributed by atoms with van der Waals surface area (Å²) < 4.78 is 10.0. The third kappa shape index (κ3) is 2.50. The Morgan fingerprint density at radius 2 is 2.19 bits per heavy atom. The number of carbonyl (C=O) groups excluding carboxylic acids is 1. The number of carbonyl (C=O) groups is 2. The number of carboxylic acids is 1. The summed E-state index contributed by atoms with van der Waals surface area (Å²) in [5.41, 5.74) is 1.01. The van der Waals surface area contributed by atoms with Gasteiger partial charge in [0.1, 0.15) is 11.5 Å². The minimum absolute atomic E-state index is 0.208. The third-order valence-corrected chi connectivity index (χ3v) is 2.03. The maximum absolute atomic E-state index is 10.9. The van der Waals surface area contributed by atoms with Gasteiger partial charge in [0.05, 0.1) is 12.7 Å². The molecule has 0 amide bonds. The van der Waals surface area contributed by atoms with Crippen molar-refractivity contribution in [3.8, 4) is 11.5 Å². The van der Waals surface area contributed by atoms with Gasteiger partial charge in [-0.3, -0.25) is 4.79 Å². The molecule has 1 aromatic carbocycles. The van der Waals surface area contributed by atoms with Crippen LogP contribution in [0.15, 0.2) is 12.1 Å². The predicted octanol–water partition coefficient (Wildman–Crippen LogP) is 1.28. The molecule has 86 valence electrons. The first-order valence-corrected chi connectivity index (χ1v) is 4.57. The SMILES string of the molecule is COc1c(C)ccc(OCC(=O)O)c1C=O. The van der Waals surface area contributed by atoms with Gasteiger partial charge in [-0.25, -0.2) is 4.79 Å². The Bertz CT molecular complexity index is 411. The highest BCUT2D eigenvalue weighted by atomic mass is 16.5. The molecule has 0 saturated heterocycles. The van der Waals surface area contributed by atoms with Gasteiger partial charge in [0, 0.05) is 0 Å². The summed E-state index contributed by atoms with van der Waals surface area (Å²) in [5.74, 6) is -0.492. The number of aryl methyl sites for hydroxylation is 1. The van der Waals surface area contributed by atoms with Gasteiger partial charge in [-0.1, -0.05) is 6.07 Å². The van der Waals surface area contributed by atoms with E-state index in [9.17, 15) is 9.59 Å². The van der Waals surface area contributed by atoms with Crippen molar-refractivity contribution < 1.29 is 24.2 Å². The van der Waals surface area contributed by atoms with E-state index < -0.39 is 12.6 Å². The second-order valence-corrected chi connectivity index (χ2v) is 3.13. The highest BCUT2D eigenvalue weighted by molar-refractivity contribution is 5.84. The Hall–Kier alpha value is -2.04. The molecule has 0 heterocycles. The first-order chi connectivity index (χ1) is 7.60. The number of benzene rings is 1. The smallest absolute Gasteiger partial charge is 0.341 e. The third-order valence-electron chi connectivity index (χ3n) is 2.03.